The highest BCUT2D eigenvalue weighted by Gasteiger charge is 2.98. The van der Waals surface area contributed by atoms with E-state index in [2.05, 4.69) is 0 Å². The normalized spacial score (nSPS) is 16.8. The van der Waals surface area contributed by atoms with Crippen LogP contribution in [0.3, 0.4) is 0 Å². The molecule has 0 unspecified atom stereocenters. The largest absolute Gasteiger partial charge is 0.460 e. The van der Waals surface area contributed by atoms with Crippen LogP contribution in [0.4, 0.5) is 224 Å². The van der Waals surface area contributed by atoms with Gasteiger partial charge in [0, 0.05) is 19.3 Å². The highest BCUT2D eigenvalue weighted by Crippen LogP contribution is 2.68. The molecular formula is C36H24F51P. The van der Waals surface area contributed by atoms with Crippen molar-refractivity contribution in [2.75, 3.05) is 18.5 Å². The summed E-state index contributed by atoms with van der Waals surface area (Å²) in [5.74, 6) is -182. The van der Waals surface area contributed by atoms with Crippen molar-refractivity contribution in [2.45, 2.75) is 201 Å². The van der Waals surface area contributed by atoms with Crippen molar-refractivity contribution < 1.29 is 224 Å². The van der Waals surface area contributed by atoms with Gasteiger partial charge in [-0.3, -0.25) is 0 Å². The lowest BCUT2D eigenvalue weighted by Gasteiger charge is -2.42. The van der Waals surface area contributed by atoms with Gasteiger partial charge in [0.05, 0.1) is 0 Å². The Bertz CT molecular complexity index is 2050. The van der Waals surface area contributed by atoms with Crippen LogP contribution < -0.4 is 0 Å². The Morgan fingerprint density at radius 2 is 0.250 bits per heavy atom. The van der Waals surface area contributed by atoms with Gasteiger partial charge < -0.3 is 0 Å². The van der Waals surface area contributed by atoms with E-state index in [0.29, 0.717) is 0 Å². The molecule has 0 amide bonds. The van der Waals surface area contributed by atoms with E-state index in [-0.39, 0.29) is 0 Å². The van der Waals surface area contributed by atoms with Crippen molar-refractivity contribution in [3.63, 3.8) is 0 Å². The van der Waals surface area contributed by atoms with Gasteiger partial charge in [0.1, 0.15) is 0 Å². The molecule has 0 atom stereocenters. The van der Waals surface area contributed by atoms with Crippen molar-refractivity contribution in [1.29, 1.82) is 0 Å². The smallest absolute Gasteiger partial charge is 0.200 e. The lowest BCUT2D eigenvalue weighted by Crippen LogP contribution is -2.74. The second-order valence-corrected chi connectivity index (χ2v) is 20.8. The summed E-state index contributed by atoms with van der Waals surface area (Å²) in [6, 6.07) is 0. The first kappa shape index (κ1) is 84.9. The molecule has 0 saturated carbocycles. The number of unbranched alkanes of at least 4 members (excludes halogenated alkanes) is 3. The molecule has 0 aromatic carbocycles. The molecule has 0 aliphatic carbocycles. The van der Waals surface area contributed by atoms with Crippen molar-refractivity contribution in [1.82, 2.24) is 0 Å². The van der Waals surface area contributed by atoms with Gasteiger partial charge in [-0.05, 0) is 57.0 Å². The Hall–Kier alpha value is -3.14. The van der Waals surface area contributed by atoms with Crippen LogP contribution in [0.25, 0.3) is 0 Å². The number of rotatable bonds is 33. The van der Waals surface area contributed by atoms with Crippen molar-refractivity contribution >= 4 is 7.92 Å². The van der Waals surface area contributed by atoms with Crippen LogP contribution in [0.15, 0.2) is 0 Å². The van der Waals surface area contributed by atoms with Crippen LogP contribution in [0, 0.1) is 0 Å². The third-order valence-electron chi connectivity index (χ3n) is 12.0. The standard InChI is InChI=1S/C36H24F51P/c37-13(38,16(43,44)19(49,50)22(55,56)25(61,62)28(67,68)31(73,74)34(79,80)81)7-1-4-10-88(11-5-2-8-14(39,40)17(45,46)20(51,52)23(57,58)26(63,64)29(69,70)32(75,76)35(82,83)84)12-6-3-9-15(41,42)18(47,48)21(53,54)24(59,60)27(65,66)30(71,72)33(77,78)36(85,86)87/h1-12H2. The Kier molecular flexibility index (Phi) is 22.9. The molecule has 88 heavy (non-hydrogen) atoms. The van der Waals surface area contributed by atoms with Gasteiger partial charge in [-0.2, -0.15) is 224 Å². The van der Waals surface area contributed by atoms with E-state index in [1.807, 2.05) is 0 Å². The molecule has 0 aromatic rings. The summed E-state index contributed by atoms with van der Waals surface area (Å²) in [5.41, 5.74) is 0. The molecule has 0 saturated heterocycles. The van der Waals surface area contributed by atoms with Gasteiger partial charge in [-0.25, -0.2) is 0 Å². The predicted octanol–water partition coefficient (Wildman–Crippen LogP) is 21.0. The number of alkyl halides is 51. The van der Waals surface area contributed by atoms with Gasteiger partial charge in [0.2, 0.25) is 0 Å². The molecule has 0 spiro atoms. The van der Waals surface area contributed by atoms with E-state index in [4.69, 9.17) is 0 Å². The maximum absolute atomic E-state index is 14.4. The number of hydrogen-bond donors (Lipinski definition) is 0. The molecule has 0 radical (unpaired) electrons. The fourth-order valence-electron chi connectivity index (χ4n) is 6.44. The molecule has 0 aliphatic rings. The Morgan fingerprint density at radius 3 is 0.375 bits per heavy atom. The highest BCUT2D eigenvalue weighted by molar-refractivity contribution is 7.57. The van der Waals surface area contributed by atoms with Crippen LogP contribution in [0.1, 0.15) is 57.8 Å². The minimum Gasteiger partial charge on any atom is -0.200 e. The van der Waals surface area contributed by atoms with Gasteiger partial charge >= 0.3 is 143 Å². The quantitative estimate of drug-likeness (QED) is 0.0349. The molecule has 0 rings (SSSR count). The van der Waals surface area contributed by atoms with E-state index in [1.54, 1.807) is 0 Å². The maximum atomic E-state index is 14.4. The van der Waals surface area contributed by atoms with Crippen LogP contribution >= 0.6 is 7.92 Å². The van der Waals surface area contributed by atoms with Gasteiger partial charge in [0.15, 0.2) is 0 Å². The molecule has 0 bridgehead atoms. The molecular weight excluding hydrogens is 1430 g/mol. The zero-order chi connectivity index (χ0) is 72.1. The first-order valence-electron chi connectivity index (χ1n) is 21.4. The van der Waals surface area contributed by atoms with Gasteiger partial charge in [-0.15, -0.1) is 7.92 Å². The average Bonchev–Trinajstić information content (AvgIpc) is 3.30. The lowest BCUT2D eigenvalue weighted by molar-refractivity contribution is -0.461. The summed E-state index contributed by atoms with van der Waals surface area (Å²) in [6.07, 6.45) is -51.7. The Labute approximate surface area is 451 Å². The van der Waals surface area contributed by atoms with Gasteiger partial charge in [-0.1, -0.05) is 0 Å². The summed E-state index contributed by atoms with van der Waals surface area (Å²) >= 11 is 0. The molecule has 0 nitrogen and oxygen atoms in total. The molecule has 52 heteroatoms. The summed E-state index contributed by atoms with van der Waals surface area (Å²) < 4.78 is 694. The monoisotopic (exact) mass is 1460 g/mol. The SMILES string of the molecule is FC(F)(F)C(F)(F)C(F)(F)C(F)(F)C(F)(F)C(F)(F)C(F)(F)C(F)(F)CCCCP(CCCCC(F)(F)C(F)(F)C(F)(F)C(F)(F)C(F)(F)C(F)(F)C(F)(F)C(F)(F)F)CCCCC(F)(F)C(F)(F)C(F)(F)C(F)(F)C(F)(F)C(F)(F)C(F)(F)C(F)(F)F. The first-order valence-corrected chi connectivity index (χ1v) is 23.3. The van der Waals surface area contributed by atoms with Crippen LogP contribution in [0.5, 0.6) is 0 Å². The first-order chi connectivity index (χ1) is 37.5. The lowest BCUT2D eigenvalue weighted by atomic mass is 9.88. The van der Waals surface area contributed by atoms with E-state index < -0.39 is 227 Å². The fraction of sp³-hybridized carbons (Fsp3) is 1.00. The van der Waals surface area contributed by atoms with Crippen LogP contribution in [-0.4, -0.2) is 161 Å². The number of hydrogen-bond acceptors (Lipinski definition) is 0. The second kappa shape index (κ2) is 23.7. The molecule has 0 aliphatic heterocycles. The zero-order valence-electron chi connectivity index (χ0n) is 40.2. The summed E-state index contributed by atoms with van der Waals surface area (Å²) in [4.78, 5) is 0. The van der Waals surface area contributed by atoms with E-state index in [9.17, 15) is 224 Å². The van der Waals surface area contributed by atoms with E-state index in [1.165, 1.54) is 0 Å². The zero-order valence-corrected chi connectivity index (χ0v) is 41.1. The van der Waals surface area contributed by atoms with E-state index >= 15 is 0 Å². The predicted molar refractivity (Wildman–Crippen MR) is 185 cm³/mol. The molecule has 0 fully saturated rings. The van der Waals surface area contributed by atoms with Crippen LogP contribution in [-0.2, 0) is 0 Å². The minimum atomic E-state index is -9.19. The summed E-state index contributed by atoms with van der Waals surface area (Å²) in [7, 11) is -3.20. The third-order valence-corrected chi connectivity index (χ3v) is 14.9. The Balaban J connectivity index is 7.23. The average molecular weight is 1460 g/mol. The maximum Gasteiger partial charge on any atom is 0.460 e. The van der Waals surface area contributed by atoms with Crippen molar-refractivity contribution in [3.8, 4) is 0 Å². The second-order valence-electron chi connectivity index (χ2n) is 18.2. The number of halogens is 51. The molecule has 530 valence electrons. The van der Waals surface area contributed by atoms with Crippen molar-refractivity contribution in [3.05, 3.63) is 0 Å². The molecule has 0 aromatic heterocycles. The highest BCUT2D eigenvalue weighted by atomic mass is 31.1. The summed E-state index contributed by atoms with van der Waals surface area (Å²) in [5, 5.41) is 0. The summed E-state index contributed by atoms with van der Waals surface area (Å²) in [6.45, 7) is 0. The van der Waals surface area contributed by atoms with Crippen molar-refractivity contribution in [2.24, 2.45) is 0 Å². The Morgan fingerprint density at radius 1 is 0.136 bits per heavy atom. The van der Waals surface area contributed by atoms with E-state index in [0.717, 1.165) is 0 Å². The molecule has 0 N–H and O–H groups in total. The fourth-order valence-corrected chi connectivity index (χ4v) is 9.13. The van der Waals surface area contributed by atoms with Crippen LogP contribution in [0.2, 0.25) is 0 Å². The molecule has 0 heterocycles. The van der Waals surface area contributed by atoms with Gasteiger partial charge in [0.25, 0.3) is 0 Å². The topological polar surface area (TPSA) is 0 Å². The minimum absolute atomic E-state index is 1.59. The third kappa shape index (κ3) is 12.6.